The van der Waals surface area contributed by atoms with E-state index in [1.165, 1.54) is 12.1 Å². The van der Waals surface area contributed by atoms with Crippen LogP contribution < -0.4 is 9.64 Å². The summed E-state index contributed by atoms with van der Waals surface area (Å²) in [6, 6.07) is 22.5. The highest BCUT2D eigenvalue weighted by molar-refractivity contribution is 6.06. The van der Waals surface area contributed by atoms with Gasteiger partial charge in [-0.2, -0.15) is 0 Å². The van der Waals surface area contributed by atoms with Gasteiger partial charge < -0.3 is 14.4 Å². The van der Waals surface area contributed by atoms with Crippen LogP contribution in [0.1, 0.15) is 25.8 Å². The molecule has 3 aromatic rings. The van der Waals surface area contributed by atoms with E-state index in [1.807, 2.05) is 55.5 Å². The Morgan fingerprint density at radius 2 is 1.64 bits per heavy atom. The first-order chi connectivity index (χ1) is 16.0. The number of carbonyl (C=O) groups is 2. The fraction of sp³-hybridized carbons (Fsp3) is 0.259. The molecule has 0 bridgehead atoms. The van der Waals surface area contributed by atoms with E-state index in [0.717, 1.165) is 11.3 Å². The Morgan fingerprint density at radius 1 is 0.909 bits per heavy atom. The van der Waals surface area contributed by atoms with Gasteiger partial charge in [0, 0.05) is 12.2 Å². The first-order valence-corrected chi connectivity index (χ1v) is 11.1. The Hall–Kier alpha value is -3.67. The molecule has 6 heteroatoms. The maximum Gasteiger partial charge on any atom is 0.318 e. The van der Waals surface area contributed by atoms with Crippen LogP contribution in [-0.4, -0.2) is 25.0 Å². The van der Waals surface area contributed by atoms with Crippen LogP contribution in [0, 0.1) is 11.7 Å². The Labute approximate surface area is 193 Å². The molecule has 0 N–H and O–H groups in total. The Morgan fingerprint density at radius 3 is 2.30 bits per heavy atom. The van der Waals surface area contributed by atoms with Gasteiger partial charge in [-0.05, 0) is 80.8 Å². The summed E-state index contributed by atoms with van der Waals surface area (Å²) in [7, 11) is 0. The van der Waals surface area contributed by atoms with Crippen LogP contribution in [0.5, 0.6) is 11.5 Å². The lowest BCUT2D eigenvalue weighted by Gasteiger charge is -2.25. The predicted molar refractivity (Wildman–Crippen MR) is 126 cm³/mol. The first kappa shape index (κ1) is 24.0. The van der Waals surface area contributed by atoms with E-state index in [2.05, 4.69) is 0 Å². The summed E-state index contributed by atoms with van der Waals surface area (Å²) >= 11 is 0. The molecule has 1 unspecified atom stereocenters. The zero-order chi connectivity index (χ0) is 23.6. The van der Waals surface area contributed by atoms with Crippen molar-refractivity contribution >= 4 is 17.6 Å². The lowest BCUT2D eigenvalue weighted by atomic mass is 9.97. The lowest BCUT2D eigenvalue weighted by molar-refractivity contribution is -0.151. The van der Waals surface area contributed by atoms with Gasteiger partial charge in [-0.25, -0.2) is 4.39 Å². The van der Waals surface area contributed by atoms with E-state index >= 15 is 0 Å². The van der Waals surface area contributed by atoms with Crippen LogP contribution in [0.2, 0.25) is 0 Å². The smallest absolute Gasteiger partial charge is 0.318 e. The molecule has 0 saturated carbocycles. The molecule has 3 rings (SSSR count). The molecule has 0 aromatic heterocycles. The normalized spacial score (nSPS) is 11.5. The number of aryl methyl sites for hydroxylation is 1. The van der Waals surface area contributed by atoms with Gasteiger partial charge in [0.15, 0.2) is 0 Å². The van der Waals surface area contributed by atoms with Gasteiger partial charge in [0.1, 0.15) is 23.2 Å². The predicted octanol–water partition coefficient (Wildman–Crippen LogP) is 5.78. The van der Waals surface area contributed by atoms with Gasteiger partial charge in [0.05, 0.1) is 6.61 Å². The highest BCUT2D eigenvalue weighted by atomic mass is 19.1. The van der Waals surface area contributed by atoms with Crippen molar-refractivity contribution in [1.29, 1.82) is 0 Å². The summed E-state index contributed by atoms with van der Waals surface area (Å²) in [5.74, 6) is -0.919. The number of anilines is 1. The summed E-state index contributed by atoms with van der Waals surface area (Å²) in [5.41, 5.74) is 1.66. The van der Waals surface area contributed by atoms with Gasteiger partial charge >= 0.3 is 5.97 Å². The second kappa shape index (κ2) is 11.8. The molecule has 0 saturated heterocycles. The maximum absolute atomic E-state index is 13.3. The van der Waals surface area contributed by atoms with Gasteiger partial charge in [-0.15, -0.1) is 0 Å². The minimum absolute atomic E-state index is 0.209. The summed E-state index contributed by atoms with van der Waals surface area (Å²) in [6.45, 7) is 4.26. The number of halogens is 1. The topological polar surface area (TPSA) is 55.8 Å². The Bertz CT molecular complexity index is 1050. The summed E-state index contributed by atoms with van der Waals surface area (Å²) < 4.78 is 24.1. The largest absolute Gasteiger partial charge is 0.465 e. The minimum Gasteiger partial charge on any atom is -0.465 e. The molecule has 172 valence electrons. The van der Waals surface area contributed by atoms with Crippen molar-refractivity contribution in [2.45, 2.75) is 26.7 Å². The monoisotopic (exact) mass is 449 g/mol. The van der Waals surface area contributed by atoms with E-state index in [9.17, 15) is 14.0 Å². The number of hydrogen-bond donors (Lipinski definition) is 0. The molecule has 0 radical (unpaired) electrons. The van der Waals surface area contributed by atoms with Gasteiger partial charge in [0.25, 0.3) is 0 Å². The number of esters is 1. The van der Waals surface area contributed by atoms with Crippen molar-refractivity contribution in [2.75, 3.05) is 18.1 Å². The van der Waals surface area contributed by atoms with Crippen molar-refractivity contribution < 1.29 is 23.5 Å². The number of amides is 1. The number of rotatable bonds is 10. The van der Waals surface area contributed by atoms with Crippen molar-refractivity contribution in [3.63, 3.8) is 0 Å². The minimum atomic E-state index is -0.910. The molecule has 1 atom stereocenters. The molecule has 0 spiro atoms. The molecular weight excluding hydrogens is 421 g/mol. The first-order valence-electron chi connectivity index (χ1n) is 11.1. The van der Waals surface area contributed by atoms with Crippen molar-refractivity contribution in [3.05, 3.63) is 90.2 Å². The molecule has 0 aliphatic carbocycles. The molecule has 1 amide bonds. The van der Waals surface area contributed by atoms with E-state index in [4.69, 9.17) is 9.47 Å². The quantitative estimate of drug-likeness (QED) is 0.291. The molecule has 0 heterocycles. The maximum atomic E-state index is 13.3. The van der Waals surface area contributed by atoms with Gasteiger partial charge in [-0.1, -0.05) is 30.3 Å². The van der Waals surface area contributed by atoms with Crippen LogP contribution in [0.25, 0.3) is 0 Å². The third kappa shape index (κ3) is 6.65. The second-order valence-electron chi connectivity index (χ2n) is 7.46. The van der Waals surface area contributed by atoms with Crippen molar-refractivity contribution in [2.24, 2.45) is 5.92 Å². The number of para-hydroxylation sites is 1. The standard InChI is InChI=1S/C27H28FNO4/c1-3-29(22-10-6-5-7-11-22)26(30)25(27(31)32-4-2)18-13-20-9-8-12-24(19-20)33-23-16-14-21(28)15-17-23/h5-12,14-17,19,25H,3-4,13,18H2,1-2H3. The van der Waals surface area contributed by atoms with E-state index in [-0.39, 0.29) is 18.3 Å². The average Bonchev–Trinajstić information content (AvgIpc) is 2.82. The molecule has 3 aromatic carbocycles. The zero-order valence-corrected chi connectivity index (χ0v) is 18.9. The summed E-state index contributed by atoms with van der Waals surface area (Å²) in [4.78, 5) is 27.6. The molecule has 0 fully saturated rings. The summed E-state index contributed by atoms with van der Waals surface area (Å²) in [6.07, 6.45) is 0.795. The SMILES string of the molecule is CCOC(=O)C(CCc1cccc(Oc2ccc(F)cc2)c1)C(=O)N(CC)c1ccccc1. The van der Waals surface area contributed by atoms with Crippen molar-refractivity contribution in [3.8, 4) is 11.5 Å². The average molecular weight is 450 g/mol. The number of ether oxygens (including phenoxy) is 2. The highest BCUT2D eigenvalue weighted by Crippen LogP contribution is 2.25. The molecule has 0 aliphatic heterocycles. The molecular formula is C27H28FNO4. The van der Waals surface area contributed by atoms with Gasteiger partial charge in [0.2, 0.25) is 5.91 Å². The third-order valence-corrected chi connectivity index (χ3v) is 5.19. The third-order valence-electron chi connectivity index (χ3n) is 5.19. The molecule has 0 aliphatic rings. The van der Waals surface area contributed by atoms with Crippen LogP contribution in [-0.2, 0) is 20.7 Å². The number of carbonyl (C=O) groups excluding carboxylic acids is 2. The van der Waals surface area contributed by atoms with Gasteiger partial charge in [-0.3, -0.25) is 9.59 Å². The van der Waals surface area contributed by atoms with E-state index in [0.29, 0.717) is 30.9 Å². The lowest BCUT2D eigenvalue weighted by Crippen LogP contribution is -2.40. The molecule has 5 nitrogen and oxygen atoms in total. The fourth-order valence-corrected chi connectivity index (χ4v) is 3.56. The Kier molecular flexibility index (Phi) is 8.58. The van der Waals surface area contributed by atoms with Crippen LogP contribution in [0.4, 0.5) is 10.1 Å². The van der Waals surface area contributed by atoms with E-state index < -0.39 is 11.9 Å². The van der Waals surface area contributed by atoms with Crippen LogP contribution >= 0.6 is 0 Å². The van der Waals surface area contributed by atoms with Crippen LogP contribution in [0.3, 0.4) is 0 Å². The second-order valence-corrected chi connectivity index (χ2v) is 7.46. The summed E-state index contributed by atoms with van der Waals surface area (Å²) in [5, 5.41) is 0. The number of nitrogens with zero attached hydrogens (tertiary/aromatic N) is 1. The van der Waals surface area contributed by atoms with E-state index in [1.54, 1.807) is 30.0 Å². The number of hydrogen-bond acceptors (Lipinski definition) is 4. The van der Waals surface area contributed by atoms with Crippen LogP contribution in [0.15, 0.2) is 78.9 Å². The fourth-order valence-electron chi connectivity index (χ4n) is 3.56. The zero-order valence-electron chi connectivity index (χ0n) is 18.9. The highest BCUT2D eigenvalue weighted by Gasteiger charge is 2.31. The number of benzene rings is 3. The Balaban J connectivity index is 1.73. The molecule has 33 heavy (non-hydrogen) atoms. The van der Waals surface area contributed by atoms with Crippen molar-refractivity contribution in [1.82, 2.24) is 0 Å².